The van der Waals surface area contributed by atoms with Crippen molar-refractivity contribution in [1.82, 2.24) is 4.90 Å². The molecule has 0 radical (unpaired) electrons. The lowest BCUT2D eigenvalue weighted by Gasteiger charge is -2.43. The summed E-state index contributed by atoms with van der Waals surface area (Å²) in [4.78, 5) is 14.6. The Kier molecular flexibility index (Phi) is 4.39. The molecule has 2 atom stereocenters. The fraction of sp³-hybridized carbons (Fsp3) is 0.611. The third-order valence-corrected chi connectivity index (χ3v) is 5.36. The molecule has 1 N–H and O–H groups in total. The van der Waals surface area contributed by atoms with E-state index in [4.69, 9.17) is 4.74 Å². The van der Waals surface area contributed by atoms with Crippen molar-refractivity contribution >= 4 is 5.91 Å². The van der Waals surface area contributed by atoms with E-state index in [-0.39, 0.29) is 17.1 Å². The van der Waals surface area contributed by atoms with E-state index in [1.807, 2.05) is 17.0 Å². The number of piperidine rings is 1. The molecule has 1 aliphatic heterocycles. The van der Waals surface area contributed by atoms with Crippen LogP contribution in [0.1, 0.15) is 37.7 Å². The molecular formula is C18H25NO3. The summed E-state index contributed by atoms with van der Waals surface area (Å²) in [6.07, 6.45) is 6.46. The van der Waals surface area contributed by atoms with Gasteiger partial charge in [-0.1, -0.05) is 18.6 Å². The molecular weight excluding hydrogens is 278 g/mol. The first-order chi connectivity index (χ1) is 10.6. The fourth-order valence-electron chi connectivity index (χ4n) is 4.21. The molecule has 1 saturated heterocycles. The van der Waals surface area contributed by atoms with Crippen molar-refractivity contribution in [3.63, 3.8) is 0 Å². The summed E-state index contributed by atoms with van der Waals surface area (Å²) >= 11 is 0. The van der Waals surface area contributed by atoms with Crippen LogP contribution >= 0.6 is 0 Å². The van der Waals surface area contributed by atoms with Gasteiger partial charge in [0.1, 0.15) is 5.75 Å². The number of phenolic OH excluding ortho intramolecular Hbond substituents is 1. The highest BCUT2D eigenvalue weighted by atomic mass is 16.5. The van der Waals surface area contributed by atoms with Crippen LogP contribution in [0.5, 0.6) is 5.75 Å². The number of phenols is 1. The monoisotopic (exact) mass is 303 g/mol. The van der Waals surface area contributed by atoms with Gasteiger partial charge in [-0.2, -0.15) is 0 Å². The Labute approximate surface area is 132 Å². The summed E-state index contributed by atoms with van der Waals surface area (Å²) in [6.45, 7) is 1.69. The highest BCUT2D eigenvalue weighted by molar-refractivity contribution is 5.79. The summed E-state index contributed by atoms with van der Waals surface area (Å²) in [5.74, 6) is 0.425. The SMILES string of the molecule is CO[C@@H]1CCC[C@]12CCCN(C(=O)Cc1ccc(O)cc1)C2. The Morgan fingerprint density at radius 1 is 1.32 bits per heavy atom. The number of benzene rings is 1. The Morgan fingerprint density at radius 2 is 2.05 bits per heavy atom. The maximum atomic E-state index is 12.6. The van der Waals surface area contributed by atoms with Gasteiger partial charge in [-0.15, -0.1) is 0 Å². The maximum Gasteiger partial charge on any atom is 0.227 e. The molecule has 1 heterocycles. The van der Waals surface area contributed by atoms with Crippen LogP contribution in [0.4, 0.5) is 0 Å². The van der Waals surface area contributed by atoms with Crippen molar-refractivity contribution in [1.29, 1.82) is 0 Å². The molecule has 1 amide bonds. The van der Waals surface area contributed by atoms with Crippen LogP contribution < -0.4 is 0 Å². The quantitative estimate of drug-likeness (QED) is 0.934. The summed E-state index contributed by atoms with van der Waals surface area (Å²) in [5, 5.41) is 9.33. The van der Waals surface area contributed by atoms with E-state index in [1.165, 1.54) is 19.3 Å². The van der Waals surface area contributed by atoms with E-state index in [9.17, 15) is 9.90 Å². The highest BCUT2D eigenvalue weighted by Crippen LogP contribution is 2.46. The molecule has 1 aliphatic carbocycles. The van der Waals surface area contributed by atoms with Gasteiger partial charge in [0, 0.05) is 25.6 Å². The first-order valence-corrected chi connectivity index (χ1v) is 8.21. The van der Waals surface area contributed by atoms with Gasteiger partial charge >= 0.3 is 0 Å². The second kappa shape index (κ2) is 6.29. The molecule has 22 heavy (non-hydrogen) atoms. The lowest BCUT2D eigenvalue weighted by molar-refractivity contribution is -0.136. The van der Waals surface area contributed by atoms with Crippen LogP contribution in [-0.4, -0.2) is 42.2 Å². The topological polar surface area (TPSA) is 49.8 Å². The van der Waals surface area contributed by atoms with Crippen LogP contribution in [-0.2, 0) is 16.0 Å². The minimum absolute atomic E-state index is 0.178. The van der Waals surface area contributed by atoms with E-state index in [0.717, 1.165) is 31.5 Å². The predicted molar refractivity (Wildman–Crippen MR) is 84.7 cm³/mol. The van der Waals surface area contributed by atoms with Crippen molar-refractivity contribution in [2.24, 2.45) is 5.41 Å². The second-order valence-corrected chi connectivity index (χ2v) is 6.74. The minimum Gasteiger partial charge on any atom is -0.508 e. The largest absolute Gasteiger partial charge is 0.508 e. The van der Waals surface area contributed by atoms with Crippen molar-refractivity contribution in [3.05, 3.63) is 29.8 Å². The van der Waals surface area contributed by atoms with Crippen LogP contribution in [0.2, 0.25) is 0 Å². The number of carbonyl (C=O) groups is 1. The molecule has 1 aromatic carbocycles. The number of nitrogens with zero attached hydrogens (tertiary/aromatic N) is 1. The Hall–Kier alpha value is -1.55. The third-order valence-electron chi connectivity index (χ3n) is 5.36. The van der Waals surface area contributed by atoms with Crippen molar-refractivity contribution in [2.75, 3.05) is 20.2 Å². The average molecular weight is 303 g/mol. The van der Waals surface area contributed by atoms with E-state index >= 15 is 0 Å². The lowest BCUT2D eigenvalue weighted by Crippen LogP contribution is -2.50. The number of hydrogen-bond acceptors (Lipinski definition) is 3. The van der Waals surface area contributed by atoms with Crippen LogP contribution in [0.15, 0.2) is 24.3 Å². The van der Waals surface area contributed by atoms with Gasteiger partial charge in [-0.25, -0.2) is 0 Å². The van der Waals surface area contributed by atoms with Crippen molar-refractivity contribution < 1.29 is 14.6 Å². The van der Waals surface area contributed by atoms with Gasteiger partial charge in [0.15, 0.2) is 0 Å². The fourth-order valence-corrected chi connectivity index (χ4v) is 4.21. The van der Waals surface area contributed by atoms with E-state index < -0.39 is 0 Å². The van der Waals surface area contributed by atoms with Crippen molar-refractivity contribution in [3.8, 4) is 5.75 Å². The van der Waals surface area contributed by atoms with Crippen LogP contribution in [0.3, 0.4) is 0 Å². The van der Waals surface area contributed by atoms with Crippen LogP contribution in [0, 0.1) is 5.41 Å². The normalized spacial score (nSPS) is 28.2. The molecule has 1 saturated carbocycles. The maximum absolute atomic E-state index is 12.6. The highest BCUT2D eigenvalue weighted by Gasteiger charge is 2.46. The summed E-state index contributed by atoms with van der Waals surface area (Å²) in [6, 6.07) is 6.91. The molecule has 4 heteroatoms. The Bertz CT molecular complexity index is 528. The molecule has 0 bridgehead atoms. The lowest BCUT2D eigenvalue weighted by atomic mass is 9.76. The third kappa shape index (κ3) is 2.98. The van der Waals surface area contributed by atoms with E-state index in [0.29, 0.717) is 12.5 Å². The minimum atomic E-state index is 0.178. The summed E-state index contributed by atoms with van der Waals surface area (Å²) < 4.78 is 5.70. The Morgan fingerprint density at radius 3 is 2.77 bits per heavy atom. The van der Waals surface area contributed by atoms with Gasteiger partial charge in [0.2, 0.25) is 5.91 Å². The number of rotatable bonds is 3. The van der Waals surface area contributed by atoms with Gasteiger partial charge in [-0.3, -0.25) is 4.79 Å². The van der Waals surface area contributed by atoms with Gasteiger partial charge in [0.05, 0.1) is 12.5 Å². The molecule has 1 spiro atoms. The summed E-state index contributed by atoms with van der Waals surface area (Å²) in [7, 11) is 1.80. The number of hydrogen-bond donors (Lipinski definition) is 1. The molecule has 0 aromatic heterocycles. The number of methoxy groups -OCH3 is 1. The molecule has 120 valence electrons. The molecule has 2 fully saturated rings. The first kappa shape index (κ1) is 15.3. The van der Waals surface area contributed by atoms with Gasteiger partial charge < -0.3 is 14.7 Å². The zero-order chi connectivity index (χ0) is 15.6. The first-order valence-electron chi connectivity index (χ1n) is 8.21. The average Bonchev–Trinajstić information content (AvgIpc) is 2.91. The van der Waals surface area contributed by atoms with E-state index in [1.54, 1.807) is 19.2 Å². The Balaban J connectivity index is 1.66. The summed E-state index contributed by atoms with van der Waals surface area (Å²) in [5.41, 5.74) is 1.13. The smallest absolute Gasteiger partial charge is 0.227 e. The van der Waals surface area contributed by atoms with E-state index in [2.05, 4.69) is 0 Å². The molecule has 2 aliphatic rings. The number of amides is 1. The molecule has 0 unspecified atom stereocenters. The van der Waals surface area contributed by atoms with Gasteiger partial charge in [0.25, 0.3) is 0 Å². The predicted octanol–water partition coefficient (Wildman–Crippen LogP) is 2.74. The van der Waals surface area contributed by atoms with Crippen LogP contribution in [0.25, 0.3) is 0 Å². The number of aromatic hydroxyl groups is 1. The standard InChI is InChI=1S/C18H25NO3/c1-22-16-4-2-9-18(16)10-3-11-19(13-18)17(21)12-14-5-7-15(20)8-6-14/h5-8,16,20H,2-4,9-13H2,1H3/t16-,18-/m1/s1. The molecule has 4 nitrogen and oxygen atoms in total. The zero-order valence-electron chi connectivity index (χ0n) is 13.3. The van der Waals surface area contributed by atoms with Gasteiger partial charge in [-0.05, 0) is 43.4 Å². The molecule has 1 aromatic rings. The second-order valence-electron chi connectivity index (χ2n) is 6.74. The zero-order valence-corrected chi connectivity index (χ0v) is 13.3. The number of carbonyl (C=O) groups excluding carboxylic acids is 1. The van der Waals surface area contributed by atoms with Crippen molar-refractivity contribution in [2.45, 2.75) is 44.6 Å². The number of likely N-dealkylation sites (tertiary alicyclic amines) is 1. The molecule has 3 rings (SSSR count). The number of ether oxygens (including phenoxy) is 1.